The lowest BCUT2D eigenvalue weighted by Crippen LogP contribution is -2.47. The number of aromatic nitrogens is 2. The summed E-state index contributed by atoms with van der Waals surface area (Å²) in [7, 11) is 0. The highest BCUT2D eigenvalue weighted by atomic mass is 16.5. The number of hydrogen-bond acceptors (Lipinski definition) is 4. The Morgan fingerprint density at radius 2 is 1.88 bits per heavy atom. The molecular weight excluding hydrogens is 318 g/mol. The minimum absolute atomic E-state index is 0.0177. The fraction of sp³-hybridized carbons (Fsp3) is 0.474. The number of morpholine rings is 1. The van der Waals surface area contributed by atoms with Gasteiger partial charge in [-0.05, 0) is 52.3 Å². The van der Waals surface area contributed by atoms with Gasteiger partial charge < -0.3 is 14.2 Å². The molecule has 0 N–H and O–H groups in total. The van der Waals surface area contributed by atoms with Crippen molar-refractivity contribution in [3.8, 4) is 5.82 Å². The van der Waals surface area contributed by atoms with Crippen molar-refractivity contribution in [2.75, 3.05) is 13.1 Å². The van der Waals surface area contributed by atoms with Gasteiger partial charge in [0.1, 0.15) is 5.76 Å². The Kier molecular flexibility index (Phi) is 4.81. The summed E-state index contributed by atoms with van der Waals surface area (Å²) in [6.07, 6.45) is 3.66. The van der Waals surface area contributed by atoms with Gasteiger partial charge in [-0.1, -0.05) is 5.16 Å². The predicted molar refractivity (Wildman–Crippen MR) is 95.7 cm³/mol. The van der Waals surface area contributed by atoms with Crippen LogP contribution in [0.5, 0.6) is 0 Å². The first-order valence-corrected chi connectivity index (χ1v) is 8.60. The molecule has 1 aliphatic rings. The summed E-state index contributed by atoms with van der Waals surface area (Å²) in [6, 6.07) is 3.95. The van der Waals surface area contributed by atoms with Crippen LogP contribution in [0.2, 0.25) is 0 Å². The third-order valence-corrected chi connectivity index (χ3v) is 4.45. The lowest BCUT2D eigenvalue weighted by atomic mass is 10.2. The summed E-state index contributed by atoms with van der Waals surface area (Å²) in [4.78, 5) is 14.3. The number of nitrogens with zero attached hydrogens (tertiary/aromatic N) is 3. The zero-order valence-electron chi connectivity index (χ0n) is 15.4. The average molecular weight is 343 g/mol. The van der Waals surface area contributed by atoms with E-state index in [0.29, 0.717) is 13.1 Å². The molecule has 25 heavy (non-hydrogen) atoms. The Morgan fingerprint density at radius 1 is 1.20 bits per heavy atom. The molecule has 134 valence electrons. The van der Waals surface area contributed by atoms with Crippen molar-refractivity contribution < 1.29 is 14.1 Å². The molecule has 0 radical (unpaired) electrons. The van der Waals surface area contributed by atoms with Gasteiger partial charge in [-0.2, -0.15) is 0 Å². The van der Waals surface area contributed by atoms with Gasteiger partial charge in [0.05, 0.1) is 12.2 Å². The molecule has 6 heteroatoms. The third kappa shape index (κ3) is 3.69. The molecule has 1 saturated heterocycles. The number of hydrogen-bond donors (Lipinski definition) is 0. The van der Waals surface area contributed by atoms with Gasteiger partial charge in [0.25, 0.3) is 0 Å². The van der Waals surface area contributed by atoms with Crippen molar-refractivity contribution in [2.45, 2.75) is 46.8 Å². The van der Waals surface area contributed by atoms with E-state index in [-0.39, 0.29) is 18.1 Å². The van der Waals surface area contributed by atoms with Crippen molar-refractivity contribution in [1.82, 2.24) is 14.6 Å². The molecule has 0 spiro atoms. The molecule has 0 aliphatic carbocycles. The standard InChI is InChI=1S/C19H25N3O3/c1-12-8-17(16(5)22(12)18-9-13(2)25-20-18)6-7-19(23)21-10-14(3)24-15(4)11-21/h6-9,14-15H,10-11H2,1-5H3/b7-6+/t14-,15-/m0/s1. The van der Waals surface area contributed by atoms with Crippen LogP contribution in [0.25, 0.3) is 11.9 Å². The Morgan fingerprint density at radius 3 is 2.48 bits per heavy atom. The second kappa shape index (κ2) is 6.88. The van der Waals surface area contributed by atoms with Crippen LogP contribution < -0.4 is 0 Å². The quantitative estimate of drug-likeness (QED) is 0.804. The van der Waals surface area contributed by atoms with Crippen molar-refractivity contribution in [3.63, 3.8) is 0 Å². The molecule has 2 aromatic heterocycles. The van der Waals surface area contributed by atoms with Gasteiger partial charge in [-0.25, -0.2) is 0 Å². The number of aryl methyl sites for hydroxylation is 2. The first-order valence-electron chi connectivity index (χ1n) is 8.60. The summed E-state index contributed by atoms with van der Waals surface area (Å²) in [6.45, 7) is 11.1. The SMILES string of the molecule is Cc1cc(-n2c(C)cc(/C=C/C(=O)N3C[C@H](C)O[C@@H](C)C3)c2C)no1. The van der Waals surface area contributed by atoms with Crippen LogP contribution in [0.3, 0.4) is 0 Å². The summed E-state index contributed by atoms with van der Waals surface area (Å²) >= 11 is 0. The molecular formula is C19H25N3O3. The van der Waals surface area contributed by atoms with Gasteiger partial charge >= 0.3 is 0 Å². The minimum Gasteiger partial charge on any atom is -0.372 e. The van der Waals surface area contributed by atoms with Crippen molar-refractivity contribution in [3.05, 3.63) is 40.9 Å². The molecule has 2 atom stereocenters. The summed E-state index contributed by atoms with van der Waals surface area (Å²) < 4.78 is 12.9. The maximum Gasteiger partial charge on any atom is 0.246 e. The van der Waals surface area contributed by atoms with E-state index in [4.69, 9.17) is 9.26 Å². The van der Waals surface area contributed by atoms with Crippen LogP contribution >= 0.6 is 0 Å². The van der Waals surface area contributed by atoms with Gasteiger partial charge in [0.2, 0.25) is 5.91 Å². The van der Waals surface area contributed by atoms with E-state index in [1.54, 1.807) is 6.08 Å². The largest absolute Gasteiger partial charge is 0.372 e. The van der Waals surface area contributed by atoms with Crippen molar-refractivity contribution >= 4 is 12.0 Å². The number of carbonyl (C=O) groups excluding carboxylic acids is 1. The van der Waals surface area contributed by atoms with Crippen LogP contribution in [-0.4, -0.2) is 45.8 Å². The van der Waals surface area contributed by atoms with E-state index in [1.165, 1.54) is 0 Å². The second-order valence-electron chi connectivity index (χ2n) is 6.79. The van der Waals surface area contributed by atoms with Crippen LogP contribution in [0.15, 0.2) is 22.7 Å². The molecule has 3 rings (SSSR count). The van der Waals surface area contributed by atoms with Gasteiger partial charge in [0.15, 0.2) is 5.82 Å². The fourth-order valence-electron chi connectivity index (χ4n) is 3.39. The smallest absolute Gasteiger partial charge is 0.246 e. The molecule has 1 fully saturated rings. The molecule has 1 aliphatic heterocycles. The Hall–Kier alpha value is -2.34. The van der Waals surface area contributed by atoms with E-state index >= 15 is 0 Å². The minimum atomic E-state index is 0.0177. The van der Waals surface area contributed by atoms with Crippen LogP contribution in [0.1, 0.15) is 36.6 Å². The van der Waals surface area contributed by atoms with Gasteiger partial charge in [-0.3, -0.25) is 9.36 Å². The van der Waals surface area contributed by atoms with Crippen LogP contribution in [0.4, 0.5) is 0 Å². The summed E-state index contributed by atoms with van der Waals surface area (Å²) in [5.41, 5.74) is 3.07. The molecule has 3 heterocycles. The lowest BCUT2D eigenvalue weighted by molar-refractivity contribution is -0.137. The third-order valence-electron chi connectivity index (χ3n) is 4.45. The highest BCUT2D eigenvalue weighted by Crippen LogP contribution is 2.22. The lowest BCUT2D eigenvalue weighted by Gasteiger charge is -2.34. The number of amides is 1. The maximum atomic E-state index is 12.5. The monoisotopic (exact) mass is 343 g/mol. The molecule has 1 amide bonds. The second-order valence-corrected chi connectivity index (χ2v) is 6.79. The zero-order chi connectivity index (χ0) is 18.1. The normalized spacial score (nSPS) is 21.2. The van der Waals surface area contributed by atoms with E-state index < -0.39 is 0 Å². The molecule has 0 aromatic carbocycles. The Balaban J connectivity index is 1.79. The molecule has 0 bridgehead atoms. The topological polar surface area (TPSA) is 60.5 Å². The molecule has 2 aromatic rings. The van der Waals surface area contributed by atoms with Crippen LogP contribution in [0, 0.1) is 20.8 Å². The first-order chi connectivity index (χ1) is 11.8. The zero-order valence-corrected chi connectivity index (χ0v) is 15.4. The molecule has 0 unspecified atom stereocenters. The summed E-state index contributed by atoms with van der Waals surface area (Å²) in [5, 5.41) is 4.08. The van der Waals surface area contributed by atoms with Gasteiger partial charge in [0, 0.05) is 36.6 Å². The van der Waals surface area contributed by atoms with Gasteiger partial charge in [-0.15, -0.1) is 0 Å². The van der Waals surface area contributed by atoms with E-state index in [0.717, 1.165) is 28.5 Å². The Labute approximate surface area is 148 Å². The fourth-order valence-corrected chi connectivity index (χ4v) is 3.39. The molecule has 6 nitrogen and oxygen atoms in total. The molecule has 0 saturated carbocycles. The number of ether oxygens (including phenoxy) is 1. The van der Waals surface area contributed by atoms with Crippen molar-refractivity contribution in [2.24, 2.45) is 0 Å². The Bertz CT molecular complexity index is 793. The highest BCUT2D eigenvalue weighted by Gasteiger charge is 2.24. The van der Waals surface area contributed by atoms with E-state index in [1.807, 2.05) is 62.3 Å². The van der Waals surface area contributed by atoms with E-state index in [9.17, 15) is 4.79 Å². The predicted octanol–water partition coefficient (Wildman–Crippen LogP) is 3.04. The average Bonchev–Trinajstić information content (AvgIpc) is 3.07. The van der Waals surface area contributed by atoms with E-state index in [2.05, 4.69) is 5.16 Å². The number of rotatable bonds is 3. The van der Waals surface area contributed by atoms with Crippen LogP contribution in [-0.2, 0) is 9.53 Å². The number of carbonyl (C=O) groups is 1. The van der Waals surface area contributed by atoms with Crippen molar-refractivity contribution in [1.29, 1.82) is 0 Å². The first kappa shape index (κ1) is 17.5. The maximum absolute atomic E-state index is 12.5. The summed E-state index contributed by atoms with van der Waals surface area (Å²) in [5.74, 6) is 1.55. The highest BCUT2D eigenvalue weighted by molar-refractivity contribution is 5.92.